The number of benzene rings is 1. The molecule has 1 unspecified atom stereocenters. The maximum Gasteiger partial charge on any atom is 0.261 e. The molecular weight excluding hydrogens is 332 g/mol. The Balaban J connectivity index is 2.09. The van der Waals surface area contributed by atoms with Crippen molar-refractivity contribution in [1.29, 1.82) is 0 Å². The molecule has 0 spiro atoms. The van der Waals surface area contributed by atoms with E-state index in [1.165, 1.54) is 11.6 Å². The Morgan fingerprint density at radius 3 is 2.48 bits per heavy atom. The number of rotatable bonds is 6. The summed E-state index contributed by atoms with van der Waals surface area (Å²) in [4.78, 5) is 12.7. The highest BCUT2D eigenvalue weighted by molar-refractivity contribution is 7.91. The molecule has 0 aliphatic carbocycles. The number of nitrogens with two attached hydrogens (primary N) is 1. The van der Waals surface area contributed by atoms with Gasteiger partial charge in [0.2, 0.25) is 10.0 Å². The minimum Gasteiger partial charge on any atom is -0.351 e. The van der Waals surface area contributed by atoms with Gasteiger partial charge >= 0.3 is 0 Å². The van der Waals surface area contributed by atoms with E-state index in [1.54, 1.807) is 6.92 Å². The van der Waals surface area contributed by atoms with Crippen molar-refractivity contribution in [1.82, 2.24) is 5.32 Å². The zero-order valence-corrected chi connectivity index (χ0v) is 14.7. The van der Waals surface area contributed by atoms with Gasteiger partial charge in [0.25, 0.3) is 5.91 Å². The number of sulfonamides is 1. The third-order valence-corrected chi connectivity index (χ3v) is 6.31. The van der Waals surface area contributed by atoms with Gasteiger partial charge in [0, 0.05) is 12.5 Å². The monoisotopic (exact) mass is 352 g/mol. The normalized spacial score (nSPS) is 12.8. The van der Waals surface area contributed by atoms with Crippen LogP contribution in [0.15, 0.2) is 40.6 Å². The number of carbonyl (C=O) groups is 1. The second-order valence-corrected chi connectivity index (χ2v) is 8.19. The second kappa shape index (κ2) is 7.25. The van der Waals surface area contributed by atoms with Crippen molar-refractivity contribution in [2.75, 3.05) is 6.54 Å². The highest BCUT2D eigenvalue weighted by Gasteiger charge is 2.20. The van der Waals surface area contributed by atoms with Crippen LogP contribution in [0, 0.1) is 6.92 Å². The third kappa shape index (κ3) is 4.40. The van der Waals surface area contributed by atoms with Crippen molar-refractivity contribution >= 4 is 27.3 Å². The smallest absolute Gasteiger partial charge is 0.261 e. The molecular formula is C16H20N2O3S2. The van der Waals surface area contributed by atoms with Crippen LogP contribution in [-0.2, 0) is 10.0 Å². The van der Waals surface area contributed by atoms with Crippen molar-refractivity contribution in [3.05, 3.63) is 52.4 Å². The number of hydrogen-bond donors (Lipinski definition) is 2. The third-order valence-electron chi connectivity index (χ3n) is 3.65. The molecule has 1 aromatic heterocycles. The zero-order chi connectivity index (χ0) is 17.0. The van der Waals surface area contributed by atoms with Crippen molar-refractivity contribution < 1.29 is 13.2 Å². The molecule has 1 atom stereocenters. The second-order valence-electron chi connectivity index (χ2n) is 5.35. The van der Waals surface area contributed by atoms with Crippen LogP contribution in [-0.4, -0.2) is 20.9 Å². The van der Waals surface area contributed by atoms with Crippen LogP contribution >= 0.6 is 11.3 Å². The van der Waals surface area contributed by atoms with E-state index in [0.29, 0.717) is 17.0 Å². The van der Waals surface area contributed by atoms with Gasteiger partial charge in [-0.15, -0.1) is 11.3 Å². The Labute approximate surface area is 140 Å². The number of primary sulfonamides is 1. The van der Waals surface area contributed by atoms with E-state index in [-0.39, 0.29) is 16.0 Å². The first-order valence-corrected chi connectivity index (χ1v) is 9.65. The number of thiophene rings is 1. The van der Waals surface area contributed by atoms with Gasteiger partial charge in [-0.2, -0.15) is 0 Å². The zero-order valence-electron chi connectivity index (χ0n) is 13.1. The Kier molecular flexibility index (Phi) is 5.56. The quantitative estimate of drug-likeness (QED) is 0.837. The lowest BCUT2D eigenvalue weighted by Gasteiger charge is -2.16. The summed E-state index contributed by atoms with van der Waals surface area (Å²) in [6.07, 6.45) is 0.899. The molecule has 0 aliphatic rings. The minimum absolute atomic E-state index is 0.00949. The summed E-state index contributed by atoms with van der Waals surface area (Å²) >= 11 is 0.905. The van der Waals surface area contributed by atoms with Crippen molar-refractivity contribution in [3.63, 3.8) is 0 Å². The Morgan fingerprint density at radius 1 is 1.30 bits per heavy atom. The first-order valence-electron chi connectivity index (χ1n) is 7.29. The fourth-order valence-corrected chi connectivity index (χ4v) is 4.22. The summed E-state index contributed by atoms with van der Waals surface area (Å²) in [6, 6.07) is 11.4. The predicted octanol–water partition coefficient (Wildman–Crippen LogP) is 2.63. The van der Waals surface area contributed by atoms with Crippen LogP contribution in [0.4, 0.5) is 0 Å². The Hall–Kier alpha value is -1.70. The molecule has 5 nitrogen and oxygen atoms in total. The summed E-state index contributed by atoms with van der Waals surface area (Å²) in [5.74, 6) is -0.0464. The van der Waals surface area contributed by atoms with E-state index in [0.717, 1.165) is 17.8 Å². The topological polar surface area (TPSA) is 89.3 Å². The molecule has 0 aliphatic heterocycles. The Bertz CT molecular complexity index is 783. The van der Waals surface area contributed by atoms with E-state index in [1.807, 2.05) is 30.3 Å². The molecule has 0 bridgehead atoms. The number of aryl methyl sites for hydroxylation is 1. The maximum atomic E-state index is 12.3. The fraction of sp³-hybridized carbons (Fsp3) is 0.312. The highest BCUT2D eigenvalue weighted by atomic mass is 32.2. The van der Waals surface area contributed by atoms with Crippen molar-refractivity contribution in [2.24, 2.45) is 5.14 Å². The first-order chi connectivity index (χ1) is 10.8. The van der Waals surface area contributed by atoms with Gasteiger partial charge in [0.15, 0.2) is 0 Å². The van der Waals surface area contributed by atoms with E-state index in [9.17, 15) is 13.2 Å². The van der Waals surface area contributed by atoms with Crippen molar-refractivity contribution in [2.45, 2.75) is 30.4 Å². The van der Waals surface area contributed by atoms with Gasteiger partial charge in [0.1, 0.15) is 4.21 Å². The van der Waals surface area contributed by atoms with Crippen molar-refractivity contribution in [3.8, 4) is 0 Å². The minimum atomic E-state index is -3.78. The van der Waals surface area contributed by atoms with Crippen LogP contribution in [0.3, 0.4) is 0 Å². The molecule has 1 amide bonds. The average molecular weight is 352 g/mol. The van der Waals surface area contributed by atoms with Gasteiger partial charge < -0.3 is 5.32 Å². The van der Waals surface area contributed by atoms with E-state index >= 15 is 0 Å². The molecule has 0 fully saturated rings. The lowest BCUT2D eigenvalue weighted by molar-refractivity contribution is 0.0954. The highest BCUT2D eigenvalue weighted by Crippen LogP contribution is 2.25. The van der Waals surface area contributed by atoms with Crippen LogP contribution in [0.5, 0.6) is 0 Å². The Morgan fingerprint density at radius 2 is 1.96 bits per heavy atom. The van der Waals surface area contributed by atoms with E-state index in [4.69, 9.17) is 5.14 Å². The predicted molar refractivity (Wildman–Crippen MR) is 92.2 cm³/mol. The van der Waals surface area contributed by atoms with Crippen LogP contribution in [0.2, 0.25) is 0 Å². The molecule has 2 aromatic rings. The molecule has 1 heterocycles. The lowest BCUT2D eigenvalue weighted by atomic mass is 9.96. The molecule has 3 N–H and O–H groups in total. The molecule has 0 saturated carbocycles. The SMILES string of the molecule is CCC(CNC(=O)c1sc(S(N)(=O)=O)cc1C)c1ccccc1. The first kappa shape index (κ1) is 17.7. The summed E-state index contributed by atoms with van der Waals surface area (Å²) in [6.45, 7) is 4.27. The summed E-state index contributed by atoms with van der Waals surface area (Å²) in [7, 11) is -3.78. The standard InChI is InChI=1S/C16H20N2O3S2/c1-3-12(13-7-5-4-6-8-13)10-18-16(19)15-11(2)9-14(22-15)23(17,20)21/h4-9,12H,3,10H2,1-2H3,(H,18,19)(H2,17,20,21). The van der Waals surface area contributed by atoms with E-state index in [2.05, 4.69) is 12.2 Å². The molecule has 7 heteroatoms. The molecule has 23 heavy (non-hydrogen) atoms. The van der Waals surface area contributed by atoms with Crippen LogP contribution < -0.4 is 10.5 Å². The molecule has 0 radical (unpaired) electrons. The molecule has 124 valence electrons. The van der Waals surface area contributed by atoms with Gasteiger partial charge in [-0.3, -0.25) is 4.79 Å². The van der Waals surface area contributed by atoms with Gasteiger partial charge in [0.05, 0.1) is 4.88 Å². The molecule has 2 rings (SSSR count). The summed E-state index contributed by atoms with van der Waals surface area (Å²) < 4.78 is 22.8. The van der Waals surface area contributed by atoms with Gasteiger partial charge in [-0.1, -0.05) is 37.3 Å². The average Bonchev–Trinajstić information content (AvgIpc) is 2.91. The molecule has 1 aromatic carbocycles. The van der Waals surface area contributed by atoms with Crippen LogP contribution in [0.1, 0.15) is 40.1 Å². The summed E-state index contributed by atoms with van der Waals surface area (Å²) in [5, 5.41) is 8.00. The number of hydrogen-bond acceptors (Lipinski definition) is 4. The summed E-state index contributed by atoms with van der Waals surface area (Å²) in [5.41, 5.74) is 1.78. The van der Waals surface area contributed by atoms with Gasteiger partial charge in [-0.25, -0.2) is 13.6 Å². The number of nitrogens with one attached hydrogen (secondary N) is 1. The number of carbonyl (C=O) groups excluding carboxylic acids is 1. The fourth-order valence-electron chi connectivity index (χ4n) is 2.34. The lowest BCUT2D eigenvalue weighted by Crippen LogP contribution is -2.28. The van der Waals surface area contributed by atoms with Gasteiger partial charge in [-0.05, 0) is 30.5 Å². The number of amides is 1. The molecule has 0 saturated heterocycles. The maximum absolute atomic E-state index is 12.3. The largest absolute Gasteiger partial charge is 0.351 e. The van der Waals surface area contributed by atoms with E-state index < -0.39 is 10.0 Å². The van der Waals surface area contributed by atoms with Crippen LogP contribution in [0.25, 0.3) is 0 Å².